The Balaban J connectivity index is 1.71. The molecule has 0 spiro atoms. The van der Waals surface area contributed by atoms with Gasteiger partial charge in [0.25, 0.3) is 5.91 Å². The molecule has 2 aromatic carbocycles. The SMILES string of the molecule is C=CCOc1c(Br)cc(/C=C(/C#N)C(=O)N2CCN(c3ccccc3)CC2)cc1I. The predicted molar refractivity (Wildman–Crippen MR) is 131 cm³/mol. The molecule has 2 aromatic rings. The number of anilines is 1. The minimum atomic E-state index is -0.233. The molecule has 3 rings (SSSR count). The normalized spacial score (nSPS) is 14.2. The van der Waals surface area contributed by atoms with Crippen LogP contribution in [0.3, 0.4) is 0 Å². The van der Waals surface area contributed by atoms with Gasteiger partial charge in [0.05, 0.1) is 8.04 Å². The lowest BCUT2D eigenvalue weighted by atomic mass is 10.1. The second-order valence-corrected chi connectivity index (χ2v) is 8.71. The van der Waals surface area contributed by atoms with Crippen molar-refractivity contribution in [1.82, 2.24) is 4.90 Å². The lowest BCUT2D eigenvalue weighted by molar-refractivity contribution is -0.126. The number of hydrogen-bond donors (Lipinski definition) is 0. The standard InChI is InChI=1S/C23H21BrIN3O2/c1-2-12-30-22-20(24)14-17(15-21(22)25)13-18(16-26)23(29)28-10-8-27(9-11-28)19-6-4-3-5-7-19/h2-7,13-15H,1,8-12H2/b18-13-. The number of nitriles is 1. The number of nitrogens with zero attached hydrogens (tertiary/aromatic N) is 3. The van der Waals surface area contributed by atoms with Gasteiger partial charge in [0.1, 0.15) is 24.0 Å². The Labute approximate surface area is 198 Å². The summed E-state index contributed by atoms with van der Waals surface area (Å²) in [5.41, 5.74) is 2.05. The molecule has 1 aliphatic heterocycles. The van der Waals surface area contributed by atoms with Gasteiger partial charge in [0.2, 0.25) is 0 Å². The molecule has 5 nitrogen and oxygen atoms in total. The van der Waals surface area contributed by atoms with E-state index in [1.165, 1.54) is 0 Å². The van der Waals surface area contributed by atoms with Crippen LogP contribution in [0.25, 0.3) is 6.08 Å². The molecule has 1 heterocycles. The van der Waals surface area contributed by atoms with E-state index < -0.39 is 0 Å². The summed E-state index contributed by atoms with van der Waals surface area (Å²) in [6.45, 7) is 6.72. The van der Waals surface area contributed by atoms with Gasteiger partial charge in [0, 0.05) is 31.9 Å². The van der Waals surface area contributed by atoms with Gasteiger partial charge in [-0.2, -0.15) is 5.26 Å². The zero-order chi connectivity index (χ0) is 21.5. The number of hydrogen-bond acceptors (Lipinski definition) is 4. The van der Waals surface area contributed by atoms with Gasteiger partial charge in [-0.05, 0) is 74.4 Å². The summed E-state index contributed by atoms with van der Waals surface area (Å²) < 4.78 is 7.31. The molecule has 0 atom stereocenters. The van der Waals surface area contributed by atoms with E-state index in [2.05, 4.69) is 68.2 Å². The molecule has 154 valence electrons. The van der Waals surface area contributed by atoms with Crippen LogP contribution in [0.2, 0.25) is 0 Å². The van der Waals surface area contributed by atoms with Crippen molar-refractivity contribution in [1.29, 1.82) is 5.26 Å². The summed E-state index contributed by atoms with van der Waals surface area (Å²) in [6.07, 6.45) is 3.32. The van der Waals surface area contributed by atoms with Gasteiger partial charge in [-0.3, -0.25) is 4.79 Å². The number of carbonyl (C=O) groups excluding carboxylic acids is 1. The fourth-order valence-electron chi connectivity index (χ4n) is 3.23. The van der Waals surface area contributed by atoms with Crippen molar-refractivity contribution in [3.8, 4) is 11.8 Å². The molecule has 7 heteroatoms. The number of piperazine rings is 1. The van der Waals surface area contributed by atoms with Crippen molar-refractivity contribution in [2.45, 2.75) is 0 Å². The van der Waals surface area contributed by atoms with Crippen molar-refractivity contribution in [2.75, 3.05) is 37.7 Å². The molecular formula is C23H21BrIN3O2. The van der Waals surface area contributed by atoms with Gasteiger partial charge in [-0.15, -0.1) is 0 Å². The average molecular weight is 578 g/mol. The molecule has 0 aliphatic carbocycles. The van der Waals surface area contributed by atoms with Gasteiger partial charge in [-0.25, -0.2) is 0 Å². The fraction of sp³-hybridized carbons (Fsp3) is 0.217. The molecule has 0 N–H and O–H groups in total. The number of amides is 1. The molecule has 0 radical (unpaired) electrons. The average Bonchev–Trinajstić information content (AvgIpc) is 2.77. The second kappa shape index (κ2) is 10.6. The van der Waals surface area contributed by atoms with Crippen LogP contribution < -0.4 is 9.64 Å². The van der Waals surface area contributed by atoms with E-state index in [4.69, 9.17) is 4.74 Å². The van der Waals surface area contributed by atoms with Crippen molar-refractivity contribution < 1.29 is 9.53 Å². The first-order valence-electron chi connectivity index (χ1n) is 9.47. The number of para-hydroxylation sites is 1. The summed E-state index contributed by atoms with van der Waals surface area (Å²) in [4.78, 5) is 16.9. The Morgan fingerprint density at radius 2 is 1.93 bits per heavy atom. The molecule has 1 amide bonds. The van der Waals surface area contributed by atoms with E-state index in [1.54, 1.807) is 17.1 Å². The third-order valence-corrected chi connectivity index (χ3v) is 6.11. The van der Waals surface area contributed by atoms with Gasteiger partial charge >= 0.3 is 0 Å². The first-order valence-corrected chi connectivity index (χ1v) is 11.3. The Hall–Kier alpha value is -2.31. The maximum Gasteiger partial charge on any atom is 0.264 e. The Morgan fingerprint density at radius 3 is 2.53 bits per heavy atom. The third-order valence-electron chi connectivity index (χ3n) is 4.72. The highest BCUT2D eigenvalue weighted by atomic mass is 127. The number of rotatable bonds is 6. The quantitative estimate of drug-likeness (QED) is 0.213. The zero-order valence-corrected chi connectivity index (χ0v) is 20.1. The van der Waals surface area contributed by atoms with Crippen LogP contribution in [0.5, 0.6) is 5.75 Å². The number of ether oxygens (including phenoxy) is 1. The van der Waals surface area contributed by atoms with Gasteiger partial charge in [0.15, 0.2) is 0 Å². The zero-order valence-electron chi connectivity index (χ0n) is 16.4. The summed E-state index contributed by atoms with van der Waals surface area (Å²) in [6, 6.07) is 16.0. The lowest BCUT2D eigenvalue weighted by Crippen LogP contribution is -2.49. The molecular weight excluding hydrogens is 557 g/mol. The topological polar surface area (TPSA) is 56.6 Å². The highest BCUT2D eigenvalue weighted by Crippen LogP contribution is 2.33. The van der Waals surface area contributed by atoms with E-state index in [0.717, 1.165) is 38.1 Å². The van der Waals surface area contributed by atoms with Crippen LogP contribution in [0, 0.1) is 14.9 Å². The van der Waals surface area contributed by atoms with Crippen LogP contribution in [-0.2, 0) is 4.79 Å². The van der Waals surface area contributed by atoms with E-state index in [9.17, 15) is 10.1 Å². The lowest BCUT2D eigenvalue weighted by Gasteiger charge is -2.36. The molecule has 1 saturated heterocycles. The molecule has 30 heavy (non-hydrogen) atoms. The Morgan fingerprint density at radius 1 is 1.23 bits per heavy atom. The van der Waals surface area contributed by atoms with Crippen LogP contribution in [0.1, 0.15) is 5.56 Å². The van der Waals surface area contributed by atoms with Crippen molar-refractivity contribution in [3.05, 3.63) is 74.3 Å². The highest BCUT2D eigenvalue weighted by molar-refractivity contribution is 14.1. The van der Waals surface area contributed by atoms with Crippen LogP contribution >= 0.6 is 38.5 Å². The van der Waals surface area contributed by atoms with Crippen molar-refractivity contribution in [3.63, 3.8) is 0 Å². The first kappa shape index (κ1) is 22.4. The molecule has 1 aliphatic rings. The first-order chi connectivity index (χ1) is 14.5. The van der Waals surface area contributed by atoms with E-state index in [-0.39, 0.29) is 11.5 Å². The second-order valence-electron chi connectivity index (χ2n) is 6.70. The summed E-state index contributed by atoms with van der Waals surface area (Å²) in [5, 5.41) is 9.60. The number of benzene rings is 2. The largest absolute Gasteiger partial charge is 0.487 e. The van der Waals surface area contributed by atoms with Gasteiger partial charge in [-0.1, -0.05) is 30.9 Å². The molecule has 0 aromatic heterocycles. The number of halogens is 2. The molecule has 0 bridgehead atoms. The van der Waals surface area contributed by atoms with Crippen molar-refractivity contribution >= 4 is 56.2 Å². The third kappa shape index (κ3) is 5.43. The fourth-order valence-corrected chi connectivity index (χ4v) is 5.00. The summed E-state index contributed by atoms with van der Waals surface area (Å²) in [5.74, 6) is 0.484. The molecule has 1 fully saturated rings. The van der Waals surface area contributed by atoms with Crippen LogP contribution in [0.4, 0.5) is 5.69 Å². The Kier molecular flexibility index (Phi) is 7.94. The minimum Gasteiger partial charge on any atom is -0.487 e. The van der Waals surface area contributed by atoms with E-state index >= 15 is 0 Å². The Bertz CT molecular complexity index is 970. The maximum atomic E-state index is 12.9. The van der Waals surface area contributed by atoms with Crippen molar-refractivity contribution in [2.24, 2.45) is 0 Å². The summed E-state index contributed by atoms with van der Waals surface area (Å²) in [7, 11) is 0. The van der Waals surface area contributed by atoms with Gasteiger partial charge < -0.3 is 14.5 Å². The van der Waals surface area contributed by atoms with Crippen LogP contribution in [0.15, 0.2) is 65.2 Å². The number of carbonyl (C=O) groups is 1. The molecule has 0 unspecified atom stereocenters. The molecule has 0 saturated carbocycles. The smallest absolute Gasteiger partial charge is 0.264 e. The highest BCUT2D eigenvalue weighted by Gasteiger charge is 2.24. The summed E-state index contributed by atoms with van der Waals surface area (Å²) >= 11 is 5.68. The maximum absolute atomic E-state index is 12.9. The van der Waals surface area contributed by atoms with E-state index in [0.29, 0.717) is 19.7 Å². The van der Waals surface area contributed by atoms with Crippen LogP contribution in [-0.4, -0.2) is 43.6 Å². The van der Waals surface area contributed by atoms with E-state index in [1.807, 2.05) is 30.3 Å². The predicted octanol–water partition coefficient (Wildman–Crippen LogP) is 4.87. The minimum absolute atomic E-state index is 0.130. The monoisotopic (exact) mass is 577 g/mol.